The van der Waals surface area contributed by atoms with E-state index < -0.39 is 0 Å². The van der Waals surface area contributed by atoms with Gasteiger partial charge >= 0.3 is 0 Å². The Morgan fingerprint density at radius 1 is 1.00 bits per heavy atom. The van der Waals surface area contributed by atoms with Crippen molar-refractivity contribution >= 4 is 34.7 Å². The third-order valence-electron chi connectivity index (χ3n) is 5.82. The molecule has 4 heterocycles. The fraction of sp³-hybridized carbons (Fsp3) is 0.280. The largest absolute Gasteiger partial charge is 0.336 e. The maximum absolute atomic E-state index is 12.9. The maximum Gasteiger partial charge on any atom is 0.253 e. The monoisotopic (exact) mass is 462 g/mol. The molecule has 3 aromatic heterocycles. The molecule has 0 atom stereocenters. The van der Waals surface area contributed by atoms with Crippen molar-refractivity contribution in [1.82, 2.24) is 19.2 Å². The van der Waals surface area contributed by atoms with Gasteiger partial charge in [0.15, 0.2) is 0 Å². The molecule has 1 fully saturated rings. The van der Waals surface area contributed by atoms with E-state index in [4.69, 9.17) is 0 Å². The van der Waals surface area contributed by atoms with Gasteiger partial charge in [-0.25, -0.2) is 4.98 Å². The summed E-state index contributed by atoms with van der Waals surface area (Å²) >= 11 is 3.56. The first-order chi connectivity index (χ1) is 15.7. The number of nitrogens with zero attached hydrogens (tertiary/aromatic N) is 4. The van der Waals surface area contributed by atoms with Crippen molar-refractivity contribution in [2.24, 2.45) is 0 Å². The number of carbonyl (C=O) groups is 1. The molecular formula is C25H26N4OS2. The molecular weight excluding hydrogens is 436 g/mol. The number of piperazine rings is 1. The standard InChI is InChI=1S/C25H26N4OS2/c30-25(28-15-13-27(14-16-28)12-10-22-4-3-17-31-22)20-6-8-23(9-7-20)32-19-21-18-29-11-2-1-5-24(29)26-21/h1-9,11,17-18H,10,12-16,19H2. The molecule has 0 saturated carbocycles. The molecule has 0 bridgehead atoms. The Labute approximate surface area is 196 Å². The van der Waals surface area contributed by atoms with E-state index >= 15 is 0 Å². The van der Waals surface area contributed by atoms with E-state index in [9.17, 15) is 4.79 Å². The van der Waals surface area contributed by atoms with E-state index in [1.54, 1.807) is 11.8 Å². The second kappa shape index (κ2) is 9.90. The number of aromatic nitrogens is 2. The number of imidazole rings is 1. The fourth-order valence-corrected chi connectivity index (χ4v) is 5.47. The zero-order valence-corrected chi connectivity index (χ0v) is 19.5. The zero-order chi connectivity index (χ0) is 21.8. The highest BCUT2D eigenvalue weighted by atomic mass is 32.2. The molecule has 0 N–H and O–H groups in total. The van der Waals surface area contributed by atoms with Gasteiger partial charge in [-0.15, -0.1) is 23.1 Å². The number of hydrogen-bond donors (Lipinski definition) is 0. The quantitative estimate of drug-likeness (QED) is 0.374. The van der Waals surface area contributed by atoms with Crippen LogP contribution >= 0.6 is 23.1 Å². The second-order valence-electron chi connectivity index (χ2n) is 7.97. The van der Waals surface area contributed by atoms with Gasteiger partial charge in [0.25, 0.3) is 5.91 Å². The number of thiophene rings is 1. The molecule has 0 radical (unpaired) electrons. The van der Waals surface area contributed by atoms with E-state index in [1.165, 1.54) is 4.88 Å². The average molecular weight is 463 g/mol. The Hall–Kier alpha value is -2.61. The highest BCUT2D eigenvalue weighted by Crippen LogP contribution is 2.23. The first-order valence-electron chi connectivity index (χ1n) is 10.9. The lowest BCUT2D eigenvalue weighted by molar-refractivity contribution is 0.0638. The van der Waals surface area contributed by atoms with Gasteiger partial charge in [-0.05, 0) is 54.3 Å². The molecule has 4 aromatic rings. The molecule has 5 rings (SSSR count). The predicted octanol–water partition coefficient (Wildman–Crippen LogP) is 4.69. The molecule has 0 spiro atoms. The van der Waals surface area contributed by atoms with Crippen molar-refractivity contribution in [2.75, 3.05) is 32.7 Å². The summed E-state index contributed by atoms with van der Waals surface area (Å²) in [5.74, 6) is 0.947. The number of rotatable bonds is 7. The van der Waals surface area contributed by atoms with Gasteiger partial charge in [-0.3, -0.25) is 9.69 Å². The molecule has 5 nitrogen and oxygen atoms in total. The Kier molecular flexibility index (Phi) is 6.57. The van der Waals surface area contributed by atoms with Crippen LogP contribution < -0.4 is 0 Å². The van der Waals surface area contributed by atoms with Crippen LogP contribution in [-0.2, 0) is 12.2 Å². The summed E-state index contributed by atoms with van der Waals surface area (Å²) in [4.78, 5) is 24.6. The SMILES string of the molecule is O=C(c1ccc(SCc2cn3ccccc3n2)cc1)N1CCN(CCc2cccs2)CC1. The molecule has 1 saturated heterocycles. The first kappa shape index (κ1) is 21.2. The predicted molar refractivity (Wildman–Crippen MR) is 132 cm³/mol. The van der Waals surface area contributed by atoms with Crippen LogP contribution in [0.25, 0.3) is 5.65 Å². The molecule has 1 amide bonds. The first-order valence-corrected chi connectivity index (χ1v) is 12.8. The van der Waals surface area contributed by atoms with Gasteiger partial charge in [0.05, 0.1) is 5.69 Å². The molecule has 7 heteroatoms. The zero-order valence-electron chi connectivity index (χ0n) is 17.9. The molecule has 164 valence electrons. The van der Waals surface area contributed by atoms with Crippen LogP contribution in [0, 0.1) is 0 Å². The Morgan fingerprint density at radius 3 is 2.59 bits per heavy atom. The maximum atomic E-state index is 12.9. The lowest BCUT2D eigenvalue weighted by Gasteiger charge is -2.34. The van der Waals surface area contributed by atoms with Crippen molar-refractivity contribution in [3.63, 3.8) is 0 Å². The summed E-state index contributed by atoms with van der Waals surface area (Å²) in [7, 11) is 0. The number of pyridine rings is 1. The van der Waals surface area contributed by atoms with E-state index in [2.05, 4.69) is 33.6 Å². The Bertz CT molecular complexity index is 1130. The second-order valence-corrected chi connectivity index (χ2v) is 10.1. The number of hydrogen-bond acceptors (Lipinski definition) is 5. The van der Waals surface area contributed by atoms with Gasteiger partial charge in [-0.1, -0.05) is 12.1 Å². The van der Waals surface area contributed by atoms with Crippen molar-refractivity contribution in [3.05, 3.63) is 88.5 Å². The number of carbonyl (C=O) groups excluding carboxylic acids is 1. The van der Waals surface area contributed by atoms with Crippen molar-refractivity contribution in [3.8, 4) is 0 Å². The van der Waals surface area contributed by atoms with Crippen LogP contribution in [0.3, 0.4) is 0 Å². The minimum atomic E-state index is 0.139. The van der Waals surface area contributed by atoms with Crippen LogP contribution in [0.2, 0.25) is 0 Å². The topological polar surface area (TPSA) is 40.9 Å². The fourth-order valence-electron chi connectivity index (χ4n) is 3.99. The van der Waals surface area contributed by atoms with Gasteiger partial charge in [0.2, 0.25) is 0 Å². The summed E-state index contributed by atoms with van der Waals surface area (Å²) in [5.41, 5.74) is 2.79. The van der Waals surface area contributed by atoms with Crippen molar-refractivity contribution in [2.45, 2.75) is 17.1 Å². The van der Waals surface area contributed by atoms with Gasteiger partial charge in [0, 0.05) is 66.2 Å². The van der Waals surface area contributed by atoms with E-state index in [0.717, 1.165) is 66.7 Å². The van der Waals surface area contributed by atoms with Crippen LogP contribution in [-0.4, -0.2) is 57.8 Å². The van der Waals surface area contributed by atoms with E-state index in [1.807, 2.05) is 69.3 Å². The molecule has 1 aliphatic rings. The number of fused-ring (bicyclic) bond motifs is 1. The van der Waals surface area contributed by atoms with Crippen LogP contribution in [0.1, 0.15) is 20.9 Å². The summed E-state index contributed by atoms with van der Waals surface area (Å²) in [6.45, 7) is 4.57. The highest BCUT2D eigenvalue weighted by molar-refractivity contribution is 7.98. The number of benzene rings is 1. The minimum Gasteiger partial charge on any atom is -0.336 e. The minimum absolute atomic E-state index is 0.139. The lowest BCUT2D eigenvalue weighted by atomic mass is 10.2. The molecule has 0 unspecified atom stereocenters. The highest BCUT2D eigenvalue weighted by Gasteiger charge is 2.22. The van der Waals surface area contributed by atoms with Crippen molar-refractivity contribution < 1.29 is 4.79 Å². The molecule has 0 aliphatic carbocycles. The van der Waals surface area contributed by atoms with Crippen LogP contribution in [0.5, 0.6) is 0 Å². The van der Waals surface area contributed by atoms with E-state index in [-0.39, 0.29) is 5.91 Å². The number of thioether (sulfide) groups is 1. The molecule has 1 aliphatic heterocycles. The summed E-state index contributed by atoms with van der Waals surface area (Å²) in [5, 5.41) is 2.13. The molecule has 32 heavy (non-hydrogen) atoms. The third kappa shape index (κ3) is 5.06. The summed E-state index contributed by atoms with van der Waals surface area (Å²) in [6.07, 6.45) is 5.18. The molecule has 1 aromatic carbocycles. The lowest BCUT2D eigenvalue weighted by Crippen LogP contribution is -2.49. The normalized spacial score (nSPS) is 14.8. The third-order valence-corrected chi connectivity index (χ3v) is 7.80. The number of amides is 1. The van der Waals surface area contributed by atoms with E-state index in [0.29, 0.717) is 0 Å². The Balaban J connectivity index is 1.11. The van der Waals surface area contributed by atoms with Crippen LogP contribution in [0.15, 0.2) is 77.3 Å². The average Bonchev–Trinajstić information content (AvgIpc) is 3.51. The van der Waals surface area contributed by atoms with Crippen molar-refractivity contribution in [1.29, 1.82) is 0 Å². The van der Waals surface area contributed by atoms with Crippen LogP contribution in [0.4, 0.5) is 0 Å². The van der Waals surface area contributed by atoms with Gasteiger partial charge in [-0.2, -0.15) is 0 Å². The smallest absolute Gasteiger partial charge is 0.253 e. The Morgan fingerprint density at radius 2 is 1.84 bits per heavy atom. The summed E-state index contributed by atoms with van der Waals surface area (Å²) in [6, 6.07) is 18.3. The van der Waals surface area contributed by atoms with Gasteiger partial charge in [0.1, 0.15) is 5.65 Å². The van der Waals surface area contributed by atoms with Gasteiger partial charge < -0.3 is 9.30 Å². The summed E-state index contributed by atoms with van der Waals surface area (Å²) < 4.78 is 2.04.